The maximum Gasteiger partial charge on any atom is 0.315 e. The summed E-state index contributed by atoms with van der Waals surface area (Å²) in [5.74, 6) is -0.191. The molecule has 7 nitrogen and oxygen atoms in total. The van der Waals surface area contributed by atoms with E-state index in [-0.39, 0.29) is 29.9 Å². The monoisotopic (exact) mass is 344 g/mol. The summed E-state index contributed by atoms with van der Waals surface area (Å²) >= 11 is 0. The van der Waals surface area contributed by atoms with Crippen LogP contribution >= 0.6 is 0 Å². The van der Waals surface area contributed by atoms with Gasteiger partial charge in [0.1, 0.15) is 12.1 Å². The minimum atomic E-state index is -0.479. The van der Waals surface area contributed by atoms with E-state index in [0.29, 0.717) is 19.4 Å². The maximum atomic E-state index is 12.4. The van der Waals surface area contributed by atoms with Crippen molar-refractivity contribution in [2.75, 3.05) is 6.54 Å². The number of fused-ring (bicyclic) bond motifs is 1. The van der Waals surface area contributed by atoms with Crippen molar-refractivity contribution in [3.05, 3.63) is 35.9 Å². The zero-order chi connectivity index (χ0) is 18.0. The fourth-order valence-electron chi connectivity index (χ4n) is 3.49. The molecular formula is C18H24N4O3. The van der Waals surface area contributed by atoms with E-state index in [1.54, 1.807) is 4.90 Å². The second-order valence-electron chi connectivity index (χ2n) is 6.66. The van der Waals surface area contributed by atoms with Crippen LogP contribution < -0.4 is 16.0 Å². The van der Waals surface area contributed by atoms with Gasteiger partial charge in [-0.25, -0.2) is 4.79 Å². The van der Waals surface area contributed by atoms with Gasteiger partial charge in [0.15, 0.2) is 0 Å². The highest BCUT2D eigenvalue weighted by atomic mass is 16.2. The van der Waals surface area contributed by atoms with Crippen LogP contribution in [-0.2, 0) is 9.59 Å². The Morgan fingerprint density at radius 3 is 2.72 bits per heavy atom. The van der Waals surface area contributed by atoms with Crippen LogP contribution in [0, 0.1) is 0 Å². The number of amides is 4. The van der Waals surface area contributed by atoms with Crippen LogP contribution in [-0.4, -0.2) is 47.4 Å². The number of nitrogens with zero attached hydrogens (tertiary/aromatic N) is 1. The summed E-state index contributed by atoms with van der Waals surface area (Å²) < 4.78 is 0. The van der Waals surface area contributed by atoms with Crippen molar-refractivity contribution in [2.45, 2.75) is 50.9 Å². The summed E-state index contributed by atoms with van der Waals surface area (Å²) in [4.78, 5) is 38.4. The van der Waals surface area contributed by atoms with Crippen molar-refractivity contribution in [1.82, 2.24) is 20.9 Å². The van der Waals surface area contributed by atoms with Gasteiger partial charge in [0.05, 0.1) is 12.1 Å². The van der Waals surface area contributed by atoms with Gasteiger partial charge in [-0.15, -0.1) is 0 Å². The van der Waals surface area contributed by atoms with Crippen molar-refractivity contribution < 1.29 is 14.4 Å². The molecule has 1 aromatic rings. The summed E-state index contributed by atoms with van der Waals surface area (Å²) in [6.07, 6.45) is 1.02. The third-order valence-electron chi connectivity index (χ3n) is 4.89. The molecule has 0 bridgehead atoms. The average molecular weight is 344 g/mol. The van der Waals surface area contributed by atoms with E-state index in [4.69, 9.17) is 0 Å². The van der Waals surface area contributed by atoms with Crippen LogP contribution in [0.5, 0.6) is 0 Å². The van der Waals surface area contributed by atoms with Gasteiger partial charge in [0, 0.05) is 6.54 Å². The molecule has 3 rings (SSSR count). The Labute approximate surface area is 147 Å². The highest BCUT2D eigenvalue weighted by Gasteiger charge is 2.46. The Balaban J connectivity index is 1.57. The predicted octanol–water partition coefficient (Wildman–Crippen LogP) is 0.925. The van der Waals surface area contributed by atoms with Crippen LogP contribution in [0.25, 0.3) is 0 Å². The summed E-state index contributed by atoms with van der Waals surface area (Å²) in [6, 6.07) is 8.12. The van der Waals surface area contributed by atoms with E-state index in [9.17, 15) is 14.4 Å². The first-order valence-corrected chi connectivity index (χ1v) is 8.72. The third-order valence-corrected chi connectivity index (χ3v) is 4.89. The van der Waals surface area contributed by atoms with Gasteiger partial charge >= 0.3 is 6.03 Å². The molecular weight excluding hydrogens is 320 g/mol. The minimum absolute atomic E-state index is 0.0607. The fourth-order valence-corrected chi connectivity index (χ4v) is 3.49. The summed E-state index contributed by atoms with van der Waals surface area (Å²) in [7, 11) is 0. The molecule has 1 aromatic carbocycles. The lowest BCUT2D eigenvalue weighted by Crippen LogP contribution is -2.60. The molecule has 3 N–H and O–H groups in total. The van der Waals surface area contributed by atoms with Gasteiger partial charge in [0.25, 0.3) is 0 Å². The topological polar surface area (TPSA) is 90.5 Å². The lowest BCUT2D eigenvalue weighted by Gasteiger charge is -2.33. The van der Waals surface area contributed by atoms with Crippen molar-refractivity contribution in [1.29, 1.82) is 0 Å². The Kier molecular flexibility index (Phi) is 4.92. The molecule has 0 radical (unpaired) electrons. The molecule has 0 spiro atoms. The molecule has 0 aromatic heterocycles. The average Bonchev–Trinajstić information content (AvgIpc) is 3.03. The van der Waals surface area contributed by atoms with Gasteiger partial charge in [-0.1, -0.05) is 37.3 Å². The van der Waals surface area contributed by atoms with E-state index in [2.05, 4.69) is 16.0 Å². The third kappa shape index (κ3) is 3.60. The lowest BCUT2D eigenvalue weighted by molar-refractivity contribution is -0.147. The molecule has 4 amide bonds. The lowest BCUT2D eigenvalue weighted by atomic mass is 10.1. The van der Waals surface area contributed by atoms with Gasteiger partial charge < -0.3 is 20.9 Å². The van der Waals surface area contributed by atoms with Gasteiger partial charge in [-0.05, 0) is 25.3 Å². The van der Waals surface area contributed by atoms with Crippen molar-refractivity contribution in [2.24, 2.45) is 0 Å². The zero-order valence-corrected chi connectivity index (χ0v) is 14.5. The standard InChI is InChI=1S/C18H24N4O3/c1-3-14-17(24)22-10-13(9-15(22)16(23)21-14)20-18(25)19-11(2)12-7-5-4-6-8-12/h4-8,11,13-15H,3,9-10H2,1-2H3,(H,21,23)(H2,19,20,25). The number of hydrogen-bond donors (Lipinski definition) is 3. The van der Waals surface area contributed by atoms with Gasteiger partial charge in [-0.2, -0.15) is 0 Å². The normalized spacial score (nSPS) is 26.6. The van der Waals surface area contributed by atoms with E-state index in [1.807, 2.05) is 44.2 Å². The molecule has 134 valence electrons. The SMILES string of the molecule is CCC1NC(=O)C2CC(NC(=O)NC(C)c3ccccc3)CN2C1=O. The Bertz CT molecular complexity index is 664. The number of benzene rings is 1. The molecule has 0 saturated carbocycles. The number of nitrogens with one attached hydrogen (secondary N) is 3. The van der Waals surface area contributed by atoms with E-state index in [1.165, 1.54) is 0 Å². The van der Waals surface area contributed by atoms with Gasteiger partial charge in [0.2, 0.25) is 11.8 Å². The molecule has 25 heavy (non-hydrogen) atoms. The smallest absolute Gasteiger partial charge is 0.315 e. The first kappa shape index (κ1) is 17.3. The molecule has 4 unspecified atom stereocenters. The molecule has 2 aliphatic rings. The number of rotatable bonds is 4. The largest absolute Gasteiger partial charge is 0.343 e. The van der Waals surface area contributed by atoms with Gasteiger partial charge in [-0.3, -0.25) is 9.59 Å². The maximum absolute atomic E-state index is 12.4. The number of piperazine rings is 1. The molecule has 2 aliphatic heterocycles. The predicted molar refractivity (Wildman–Crippen MR) is 92.7 cm³/mol. The Morgan fingerprint density at radius 2 is 2.04 bits per heavy atom. The van der Waals surface area contributed by atoms with Crippen LogP contribution in [0.15, 0.2) is 30.3 Å². The second kappa shape index (κ2) is 7.13. The molecule has 2 saturated heterocycles. The first-order valence-electron chi connectivity index (χ1n) is 8.72. The highest BCUT2D eigenvalue weighted by Crippen LogP contribution is 2.23. The van der Waals surface area contributed by atoms with Crippen molar-refractivity contribution in [3.63, 3.8) is 0 Å². The quantitative estimate of drug-likeness (QED) is 0.759. The summed E-state index contributed by atoms with van der Waals surface area (Å²) in [6.45, 7) is 4.16. The Morgan fingerprint density at radius 1 is 1.32 bits per heavy atom. The van der Waals surface area contributed by atoms with Crippen LogP contribution in [0.2, 0.25) is 0 Å². The van der Waals surface area contributed by atoms with Crippen molar-refractivity contribution in [3.8, 4) is 0 Å². The molecule has 7 heteroatoms. The summed E-state index contributed by atoms with van der Waals surface area (Å²) in [5, 5.41) is 8.53. The molecule has 2 fully saturated rings. The zero-order valence-electron chi connectivity index (χ0n) is 14.5. The van der Waals surface area contributed by atoms with Crippen LogP contribution in [0.3, 0.4) is 0 Å². The summed E-state index contributed by atoms with van der Waals surface area (Å²) in [5.41, 5.74) is 1.02. The van der Waals surface area contributed by atoms with Crippen LogP contribution in [0.1, 0.15) is 38.3 Å². The van der Waals surface area contributed by atoms with E-state index < -0.39 is 12.1 Å². The number of carbonyl (C=O) groups is 3. The number of urea groups is 1. The number of hydrogen-bond acceptors (Lipinski definition) is 3. The highest BCUT2D eigenvalue weighted by molar-refractivity contribution is 5.97. The second-order valence-corrected chi connectivity index (χ2v) is 6.66. The van der Waals surface area contributed by atoms with E-state index in [0.717, 1.165) is 5.56 Å². The number of carbonyl (C=O) groups excluding carboxylic acids is 3. The van der Waals surface area contributed by atoms with Crippen molar-refractivity contribution >= 4 is 17.8 Å². The first-order chi connectivity index (χ1) is 12.0. The van der Waals surface area contributed by atoms with Crippen LogP contribution in [0.4, 0.5) is 4.79 Å². The molecule has 4 atom stereocenters. The molecule has 0 aliphatic carbocycles. The Hall–Kier alpha value is -2.57. The van der Waals surface area contributed by atoms with E-state index >= 15 is 0 Å². The minimum Gasteiger partial charge on any atom is -0.343 e. The fraction of sp³-hybridized carbons (Fsp3) is 0.500. The molecule has 2 heterocycles.